The Morgan fingerprint density at radius 3 is 1.93 bits per heavy atom. The first-order valence-electron chi connectivity index (χ1n) is 10.2. The van der Waals surface area contributed by atoms with Crippen molar-refractivity contribution in [2.24, 2.45) is 0 Å². The number of benzene rings is 3. The van der Waals surface area contributed by atoms with Gasteiger partial charge >= 0.3 is 64.9 Å². The van der Waals surface area contributed by atoms with Gasteiger partial charge in [0.15, 0.2) is 5.75 Å². The van der Waals surface area contributed by atoms with Crippen molar-refractivity contribution in [2.45, 2.75) is 9.79 Å². The molecule has 202 valence electrons. The number of ether oxygens (including phenoxy) is 1. The fourth-order valence-electron chi connectivity index (χ4n) is 3.42. The fraction of sp³-hybridized carbons (Fsp3) is 0.0500. The zero-order chi connectivity index (χ0) is 28.7. The molecule has 0 bridgehead atoms. The van der Waals surface area contributed by atoms with E-state index in [0.717, 1.165) is 46.0 Å². The maximum Gasteiger partial charge on any atom is 1.00 e. The minimum atomic E-state index is -5.37. The average Bonchev–Trinajstić information content (AvgIpc) is 3.32. The minimum absolute atomic E-state index is 0. The van der Waals surface area contributed by atoms with Crippen molar-refractivity contribution in [2.75, 3.05) is 7.11 Å². The van der Waals surface area contributed by atoms with Crippen molar-refractivity contribution in [3.05, 3.63) is 80.9 Å². The summed E-state index contributed by atoms with van der Waals surface area (Å²) in [5, 5.41) is 30.6. The van der Waals surface area contributed by atoms with Gasteiger partial charge < -0.3 is 13.8 Å². The Hall–Kier alpha value is -2.85. The van der Waals surface area contributed by atoms with E-state index >= 15 is 0 Å². The number of tetrazole rings is 1. The predicted molar refractivity (Wildman–Crippen MR) is 124 cm³/mol. The van der Waals surface area contributed by atoms with Crippen LogP contribution in [-0.4, -0.2) is 57.9 Å². The number of nitrogens with zero attached hydrogens (tertiary/aromatic N) is 6. The molecular weight excluding hydrogens is 610 g/mol. The van der Waals surface area contributed by atoms with Crippen LogP contribution in [0.5, 0.6) is 5.75 Å². The van der Waals surface area contributed by atoms with Gasteiger partial charge in [-0.05, 0) is 40.2 Å². The average molecular weight is 623 g/mol. The molecule has 0 spiro atoms. The molecule has 0 radical (unpaired) electrons. The Labute approximate surface area is 275 Å². The number of nitro groups is 2. The Morgan fingerprint density at radius 1 is 0.829 bits per heavy atom. The maximum absolute atomic E-state index is 12.0. The summed E-state index contributed by atoms with van der Waals surface area (Å²) in [6.45, 7) is 0. The summed E-state index contributed by atoms with van der Waals surface area (Å²) in [4.78, 5) is 20.9. The number of rotatable bonds is 8. The smallest absolute Gasteiger partial charge is 0.744 e. The van der Waals surface area contributed by atoms with Crippen LogP contribution in [-0.2, 0) is 20.2 Å². The molecule has 4 aromatic rings. The van der Waals surface area contributed by atoms with E-state index in [4.69, 9.17) is 4.74 Å². The first-order valence-corrected chi connectivity index (χ1v) is 13.1. The van der Waals surface area contributed by atoms with E-state index in [9.17, 15) is 46.2 Å². The van der Waals surface area contributed by atoms with Gasteiger partial charge in [0.05, 0.1) is 43.5 Å². The van der Waals surface area contributed by atoms with Crippen LogP contribution >= 0.6 is 0 Å². The van der Waals surface area contributed by atoms with Gasteiger partial charge in [0.25, 0.3) is 11.4 Å². The standard InChI is InChI=1S/C20H14N6O11S2.2Na/c1-37-18-10-14(26(29)30)6-9-17(18)24-22-20(21-23(24)12-2-4-13(5-3-12)25(27)28)16-8-7-15(38(31,32)33)11-19(16)39(34,35)36;;/h2-11H,1H3,(H-,31,32,33,34,35,36);;/q;2*+1/p-1. The quantitative estimate of drug-likeness (QED) is 0.0587. The molecule has 0 saturated heterocycles. The number of hydrogen-bond donors (Lipinski definition) is 0. The molecule has 0 atom stereocenters. The third-order valence-electron chi connectivity index (χ3n) is 5.19. The zero-order valence-electron chi connectivity index (χ0n) is 21.3. The second kappa shape index (κ2) is 13.0. The Morgan fingerprint density at radius 2 is 1.41 bits per heavy atom. The summed E-state index contributed by atoms with van der Waals surface area (Å²) in [5.41, 5.74) is -0.928. The molecule has 1 heterocycles. The SMILES string of the molecule is COc1cc([N+](=O)[O-])ccc1-[n+]1nc(-c2ccc(S(=O)(=O)[O-])cc2S(=O)(=O)[O-])nn1-c1ccc([N+](=O)[O-])cc1.[Na+].[Na+]. The molecule has 0 N–H and O–H groups in total. The van der Waals surface area contributed by atoms with Gasteiger partial charge in [-0.1, -0.05) is 0 Å². The first kappa shape index (κ1) is 34.4. The molecule has 41 heavy (non-hydrogen) atoms. The van der Waals surface area contributed by atoms with Crippen LogP contribution < -0.4 is 68.6 Å². The predicted octanol–water partition coefficient (Wildman–Crippen LogP) is -5.15. The molecule has 0 aliphatic rings. The number of non-ortho nitro benzene ring substituents is 2. The normalized spacial score (nSPS) is 11.2. The summed E-state index contributed by atoms with van der Waals surface area (Å²) < 4.78 is 75.4. The van der Waals surface area contributed by atoms with Gasteiger partial charge in [0.2, 0.25) is 5.69 Å². The molecule has 21 heteroatoms. The molecule has 4 rings (SSSR count). The molecule has 17 nitrogen and oxygen atoms in total. The van der Waals surface area contributed by atoms with Crippen molar-refractivity contribution >= 4 is 31.6 Å². The largest absolute Gasteiger partial charge is 1.00 e. The van der Waals surface area contributed by atoms with Crippen molar-refractivity contribution in [3.8, 4) is 28.5 Å². The first-order chi connectivity index (χ1) is 18.2. The Kier molecular flexibility index (Phi) is 10.9. The van der Waals surface area contributed by atoms with Crippen LogP contribution in [0.2, 0.25) is 0 Å². The van der Waals surface area contributed by atoms with E-state index in [-0.39, 0.29) is 87.6 Å². The maximum atomic E-state index is 12.0. The number of nitro benzene ring substituents is 2. The topological polar surface area (TPSA) is 244 Å². The fourth-order valence-corrected chi connectivity index (χ4v) is 4.69. The van der Waals surface area contributed by atoms with E-state index in [0.29, 0.717) is 6.07 Å². The van der Waals surface area contributed by atoms with Gasteiger partial charge in [-0.25, -0.2) is 16.8 Å². The molecule has 0 fully saturated rings. The summed E-state index contributed by atoms with van der Waals surface area (Å²) in [6.07, 6.45) is 0. The van der Waals surface area contributed by atoms with Crippen LogP contribution in [0.3, 0.4) is 0 Å². The molecule has 3 aromatic carbocycles. The van der Waals surface area contributed by atoms with E-state index in [1.165, 1.54) is 25.3 Å². The van der Waals surface area contributed by atoms with E-state index in [1.807, 2.05) is 0 Å². The summed E-state index contributed by atoms with van der Waals surface area (Å²) in [7, 11) is -9.29. The van der Waals surface area contributed by atoms with Crippen LogP contribution in [0.15, 0.2) is 70.5 Å². The van der Waals surface area contributed by atoms with Crippen molar-refractivity contribution in [3.63, 3.8) is 0 Å². The molecular formula is C20H13N6Na2O11S2+. The molecule has 0 aliphatic heterocycles. The van der Waals surface area contributed by atoms with Crippen LogP contribution in [0, 0.1) is 20.2 Å². The second-order valence-electron chi connectivity index (χ2n) is 7.56. The Balaban J connectivity index is 0.00000294. The van der Waals surface area contributed by atoms with Crippen LogP contribution in [0.25, 0.3) is 22.8 Å². The number of methoxy groups -OCH3 is 1. The van der Waals surface area contributed by atoms with Crippen molar-refractivity contribution in [1.29, 1.82) is 0 Å². The van der Waals surface area contributed by atoms with Crippen molar-refractivity contribution < 1.29 is 104 Å². The summed E-state index contributed by atoms with van der Waals surface area (Å²) in [6, 6.07) is 10.2. The molecule has 0 unspecified atom stereocenters. The molecule has 0 saturated carbocycles. The van der Waals surface area contributed by atoms with Gasteiger partial charge in [-0.3, -0.25) is 20.2 Å². The molecule has 0 amide bonds. The zero-order valence-corrected chi connectivity index (χ0v) is 26.9. The summed E-state index contributed by atoms with van der Waals surface area (Å²) >= 11 is 0. The van der Waals surface area contributed by atoms with Gasteiger partial charge in [-0.2, -0.15) is 0 Å². The van der Waals surface area contributed by atoms with Crippen molar-refractivity contribution in [1.82, 2.24) is 15.0 Å². The van der Waals surface area contributed by atoms with Crippen LogP contribution in [0.1, 0.15) is 0 Å². The van der Waals surface area contributed by atoms with Gasteiger partial charge in [0.1, 0.15) is 25.9 Å². The van der Waals surface area contributed by atoms with Gasteiger partial charge in [-0.15, -0.1) is 0 Å². The third kappa shape index (κ3) is 7.33. The van der Waals surface area contributed by atoms with E-state index in [2.05, 4.69) is 10.2 Å². The molecule has 1 aromatic heterocycles. The summed E-state index contributed by atoms with van der Waals surface area (Å²) in [5.74, 6) is -0.543. The van der Waals surface area contributed by atoms with E-state index < -0.39 is 51.3 Å². The third-order valence-corrected chi connectivity index (χ3v) is 6.90. The monoisotopic (exact) mass is 623 g/mol. The minimum Gasteiger partial charge on any atom is -0.744 e. The Bertz CT molecular complexity index is 1860. The number of hydrogen-bond acceptors (Lipinski definition) is 13. The van der Waals surface area contributed by atoms with Crippen LogP contribution in [0.4, 0.5) is 11.4 Å². The number of aromatic nitrogens is 4. The second-order valence-corrected chi connectivity index (χ2v) is 10.3. The molecule has 0 aliphatic carbocycles. The van der Waals surface area contributed by atoms with E-state index in [1.54, 1.807) is 0 Å². The van der Waals surface area contributed by atoms with Gasteiger partial charge in [0, 0.05) is 29.1 Å².